The average molecular weight is 417 g/mol. The van der Waals surface area contributed by atoms with Gasteiger partial charge in [0.25, 0.3) is 0 Å². The molecule has 2 aliphatic rings. The number of nitrogens with one attached hydrogen (secondary N) is 2. The summed E-state index contributed by atoms with van der Waals surface area (Å²) in [4.78, 5) is 7.41. The van der Waals surface area contributed by atoms with Gasteiger partial charge in [0.05, 0.1) is 7.11 Å². The summed E-state index contributed by atoms with van der Waals surface area (Å²) in [6, 6.07) is 5.93. The first-order chi connectivity index (χ1) is 14.7. The molecule has 3 rings (SSSR count). The summed E-state index contributed by atoms with van der Waals surface area (Å²) in [7, 11) is 1.60. The molecule has 1 saturated heterocycles. The molecule has 6 heteroatoms. The van der Waals surface area contributed by atoms with Crippen LogP contribution in [0.3, 0.4) is 0 Å². The van der Waals surface area contributed by atoms with Crippen molar-refractivity contribution in [1.29, 1.82) is 0 Å². The average Bonchev–Trinajstić information content (AvgIpc) is 2.77. The Morgan fingerprint density at radius 1 is 1.17 bits per heavy atom. The minimum atomic E-state index is 0.271. The fraction of sp³-hybridized carbons (Fsp3) is 0.708. The fourth-order valence-electron chi connectivity index (χ4n) is 4.68. The van der Waals surface area contributed by atoms with Crippen LogP contribution in [0, 0.1) is 5.92 Å². The van der Waals surface area contributed by atoms with Crippen molar-refractivity contribution < 1.29 is 9.84 Å². The number of likely N-dealkylation sites (tertiary alicyclic amines) is 1. The van der Waals surface area contributed by atoms with Crippen LogP contribution in [0.25, 0.3) is 0 Å². The van der Waals surface area contributed by atoms with Crippen LogP contribution < -0.4 is 15.4 Å². The number of hydrogen-bond donors (Lipinski definition) is 3. The maximum absolute atomic E-state index is 10.1. The van der Waals surface area contributed by atoms with Gasteiger partial charge in [0.1, 0.15) is 11.5 Å². The summed E-state index contributed by atoms with van der Waals surface area (Å²) in [5.74, 6) is 2.75. The van der Waals surface area contributed by atoms with E-state index in [1.807, 2.05) is 12.1 Å². The summed E-state index contributed by atoms with van der Waals surface area (Å²) < 4.78 is 5.15. The van der Waals surface area contributed by atoms with Crippen molar-refractivity contribution in [3.05, 3.63) is 23.8 Å². The maximum atomic E-state index is 10.1. The number of phenolic OH excluding ortho intramolecular Hbond substituents is 1. The van der Waals surface area contributed by atoms with E-state index in [1.54, 1.807) is 13.2 Å². The number of piperidine rings is 1. The monoisotopic (exact) mass is 416 g/mol. The second-order valence-electron chi connectivity index (χ2n) is 8.73. The smallest absolute Gasteiger partial charge is 0.191 e. The first-order valence-corrected chi connectivity index (χ1v) is 11.8. The predicted molar refractivity (Wildman–Crippen MR) is 124 cm³/mol. The molecule has 0 bridgehead atoms. The Morgan fingerprint density at radius 2 is 1.93 bits per heavy atom. The van der Waals surface area contributed by atoms with Crippen LogP contribution in [0.5, 0.6) is 11.5 Å². The summed E-state index contributed by atoms with van der Waals surface area (Å²) >= 11 is 0. The minimum absolute atomic E-state index is 0.271. The number of nitrogens with zero attached hydrogens (tertiary/aromatic N) is 2. The van der Waals surface area contributed by atoms with Gasteiger partial charge in [-0.1, -0.05) is 25.3 Å². The van der Waals surface area contributed by atoms with Crippen molar-refractivity contribution in [2.75, 3.05) is 39.8 Å². The molecule has 0 amide bonds. The van der Waals surface area contributed by atoms with Gasteiger partial charge < -0.3 is 25.4 Å². The molecule has 168 valence electrons. The number of methoxy groups -OCH3 is 1. The highest BCUT2D eigenvalue weighted by Crippen LogP contribution is 2.26. The summed E-state index contributed by atoms with van der Waals surface area (Å²) in [6.07, 6.45) is 10.2. The van der Waals surface area contributed by atoms with Gasteiger partial charge in [-0.2, -0.15) is 0 Å². The summed E-state index contributed by atoms with van der Waals surface area (Å²) in [5, 5.41) is 17.1. The third kappa shape index (κ3) is 7.08. The number of aromatic hydroxyl groups is 1. The van der Waals surface area contributed by atoms with Crippen LogP contribution in [0.4, 0.5) is 0 Å². The molecule has 1 aromatic rings. The van der Waals surface area contributed by atoms with Crippen molar-refractivity contribution in [1.82, 2.24) is 15.5 Å². The van der Waals surface area contributed by atoms with Crippen LogP contribution in [0.2, 0.25) is 0 Å². The number of ether oxygens (including phenoxy) is 1. The largest absolute Gasteiger partial charge is 0.508 e. The van der Waals surface area contributed by atoms with Gasteiger partial charge in [0.15, 0.2) is 5.96 Å². The van der Waals surface area contributed by atoms with Gasteiger partial charge in [0, 0.05) is 44.8 Å². The van der Waals surface area contributed by atoms with Gasteiger partial charge in [-0.3, -0.25) is 4.99 Å². The van der Waals surface area contributed by atoms with Gasteiger partial charge in [-0.25, -0.2) is 0 Å². The summed E-state index contributed by atoms with van der Waals surface area (Å²) in [5.41, 5.74) is 0.895. The zero-order valence-electron chi connectivity index (χ0n) is 18.8. The van der Waals surface area contributed by atoms with Crippen LogP contribution >= 0.6 is 0 Å². The molecule has 1 saturated carbocycles. The molecule has 30 heavy (non-hydrogen) atoms. The molecule has 1 aliphatic heterocycles. The number of benzene rings is 1. The first-order valence-electron chi connectivity index (χ1n) is 11.8. The number of aliphatic imine (C=N–C) groups is 1. The van der Waals surface area contributed by atoms with Crippen molar-refractivity contribution in [3.8, 4) is 11.5 Å². The first kappa shape index (κ1) is 22.7. The van der Waals surface area contributed by atoms with Gasteiger partial charge in [-0.05, 0) is 56.6 Å². The van der Waals surface area contributed by atoms with E-state index in [0.29, 0.717) is 24.8 Å². The third-order valence-corrected chi connectivity index (χ3v) is 6.46. The molecule has 6 nitrogen and oxygen atoms in total. The topological polar surface area (TPSA) is 69.1 Å². The fourth-order valence-corrected chi connectivity index (χ4v) is 4.68. The van der Waals surface area contributed by atoms with Crippen LogP contribution in [-0.2, 0) is 6.42 Å². The van der Waals surface area contributed by atoms with E-state index in [1.165, 1.54) is 64.6 Å². The van der Waals surface area contributed by atoms with Gasteiger partial charge in [-0.15, -0.1) is 0 Å². The molecular formula is C24H40N4O2. The maximum Gasteiger partial charge on any atom is 0.191 e. The Kier molecular flexibility index (Phi) is 9.12. The van der Waals surface area contributed by atoms with E-state index in [2.05, 4.69) is 22.5 Å². The SMILES string of the molecule is CCNC(=NCCc1ccc(OC)cc1O)NC1CCN(CC2CCCCC2)CC1. The number of guanidine groups is 1. The third-order valence-electron chi connectivity index (χ3n) is 6.46. The van der Waals surface area contributed by atoms with Gasteiger partial charge in [0.2, 0.25) is 0 Å². The zero-order valence-corrected chi connectivity index (χ0v) is 18.8. The van der Waals surface area contributed by atoms with E-state index in [9.17, 15) is 5.11 Å². The molecule has 1 aromatic carbocycles. The molecule has 0 unspecified atom stereocenters. The summed E-state index contributed by atoms with van der Waals surface area (Å²) in [6.45, 7) is 7.25. The Bertz CT molecular complexity index is 665. The lowest BCUT2D eigenvalue weighted by Crippen LogP contribution is -2.49. The molecule has 0 radical (unpaired) electrons. The van der Waals surface area contributed by atoms with Crippen LogP contribution in [0.15, 0.2) is 23.2 Å². The Balaban J connectivity index is 1.43. The van der Waals surface area contributed by atoms with Crippen molar-refractivity contribution in [3.63, 3.8) is 0 Å². The Morgan fingerprint density at radius 3 is 2.60 bits per heavy atom. The highest BCUT2D eigenvalue weighted by atomic mass is 16.5. The minimum Gasteiger partial charge on any atom is -0.508 e. The zero-order chi connectivity index (χ0) is 21.2. The van der Waals surface area contributed by atoms with E-state index < -0.39 is 0 Å². The molecule has 2 fully saturated rings. The van der Waals surface area contributed by atoms with E-state index in [-0.39, 0.29) is 5.75 Å². The lowest BCUT2D eigenvalue weighted by molar-refractivity contribution is 0.160. The predicted octanol–water partition coefficient (Wildman–Crippen LogP) is 3.54. The van der Waals surface area contributed by atoms with E-state index >= 15 is 0 Å². The van der Waals surface area contributed by atoms with E-state index in [0.717, 1.165) is 24.0 Å². The molecule has 0 aromatic heterocycles. The quantitative estimate of drug-likeness (QED) is 0.447. The Hall–Kier alpha value is -1.95. The van der Waals surface area contributed by atoms with Crippen molar-refractivity contribution in [2.45, 2.75) is 64.3 Å². The molecule has 0 spiro atoms. The lowest BCUT2D eigenvalue weighted by Gasteiger charge is -2.36. The van der Waals surface area contributed by atoms with Crippen molar-refractivity contribution >= 4 is 5.96 Å². The van der Waals surface area contributed by atoms with Crippen LogP contribution in [0.1, 0.15) is 57.4 Å². The number of rotatable bonds is 8. The second kappa shape index (κ2) is 12.0. The number of phenols is 1. The second-order valence-corrected chi connectivity index (χ2v) is 8.73. The highest BCUT2D eigenvalue weighted by molar-refractivity contribution is 5.80. The molecule has 0 atom stereocenters. The molecule has 1 aliphatic carbocycles. The van der Waals surface area contributed by atoms with Crippen LogP contribution in [-0.4, -0.2) is 61.8 Å². The molecular weight excluding hydrogens is 376 g/mol. The standard InChI is InChI=1S/C24H40N4O2/c1-3-25-24(26-14-11-20-9-10-22(30-2)17-23(20)29)27-21-12-15-28(16-13-21)18-19-7-5-4-6-8-19/h9-10,17,19,21,29H,3-8,11-16,18H2,1-2H3,(H2,25,26,27). The number of hydrogen-bond acceptors (Lipinski definition) is 4. The van der Waals surface area contributed by atoms with Gasteiger partial charge >= 0.3 is 0 Å². The molecule has 1 heterocycles. The molecule has 3 N–H and O–H groups in total. The Labute approximate surface area is 182 Å². The normalized spacial score (nSPS) is 19.6. The van der Waals surface area contributed by atoms with E-state index in [4.69, 9.17) is 9.73 Å². The highest BCUT2D eigenvalue weighted by Gasteiger charge is 2.23. The van der Waals surface area contributed by atoms with Crippen molar-refractivity contribution in [2.24, 2.45) is 10.9 Å². The lowest BCUT2D eigenvalue weighted by atomic mass is 9.88.